The third-order valence-corrected chi connectivity index (χ3v) is 2.60. The van der Waals surface area contributed by atoms with Crippen molar-refractivity contribution in [1.29, 1.82) is 0 Å². The number of aryl methyl sites for hydroxylation is 1. The molecule has 2 rings (SSSR count). The van der Waals surface area contributed by atoms with Gasteiger partial charge in [-0.25, -0.2) is 0 Å². The summed E-state index contributed by atoms with van der Waals surface area (Å²) in [4.78, 5) is 22.9. The quantitative estimate of drug-likeness (QED) is 0.573. The number of nitrogens with two attached hydrogens (primary N) is 1. The van der Waals surface area contributed by atoms with Crippen LogP contribution in [0.15, 0.2) is 23.0 Å². The van der Waals surface area contributed by atoms with Crippen LogP contribution in [0, 0.1) is 0 Å². The number of ether oxygens (including phenoxy) is 1. The van der Waals surface area contributed by atoms with Crippen molar-refractivity contribution in [2.24, 2.45) is 7.05 Å². The molecule has 0 radical (unpaired) electrons. The van der Waals surface area contributed by atoms with E-state index in [-0.39, 0.29) is 11.5 Å². The molecule has 0 bridgehead atoms. The number of anilines is 1. The fraction of sp³-hybridized carbons (Fsp3) is 0.167. The predicted octanol–water partition coefficient (Wildman–Crippen LogP) is 0.752. The molecule has 0 spiro atoms. The number of benzene rings is 1. The molecule has 0 saturated carbocycles. The van der Waals surface area contributed by atoms with Gasteiger partial charge >= 0.3 is 5.97 Å². The van der Waals surface area contributed by atoms with Crippen molar-refractivity contribution in [3.63, 3.8) is 0 Å². The second-order valence-corrected chi connectivity index (χ2v) is 3.91. The Hall–Kier alpha value is -2.50. The number of nitrogen functional groups attached to an aromatic ring is 1. The minimum Gasteiger partial charge on any atom is -0.504 e. The summed E-state index contributed by atoms with van der Waals surface area (Å²) in [6, 6.07) is 4.71. The molecular formula is C12H12N2O4. The lowest BCUT2D eigenvalue weighted by atomic mass is 10.1. The van der Waals surface area contributed by atoms with Gasteiger partial charge in [0.2, 0.25) is 5.75 Å². The van der Waals surface area contributed by atoms with Crippen LogP contribution in [0.2, 0.25) is 0 Å². The molecule has 1 aromatic heterocycles. The molecule has 6 heteroatoms. The standard InChI is InChI=1S/C12H12N2O4/c1-6(15)18-11-10(16)8-4-3-7(13)5-9(8)14(2)12(11)17/h3-5,16H,13H2,1-2H3. The van der Waals surface area contributed by atoms with E-state index < -0.39 is 11.5 Å². The molecule has 94 valence electrons. The van der Waals surface area contributed by atoms with E-state index in [1.807, 2.05) is 0 Å². The number of hydrogen-bond donors (Lipinski definition) is 2. The van der Waals surface area contributed by atoms with E-state index in [2.05, 4.69) is 0 Å². The van der Waals surface area contributed by atoms with Crippen LogP contribution >= 0.6 is 0 Å². The SMILES string of the molecule is CC(=O)Oc1c(O)c2ccc(N)cc2n(C)c1=O. The maximum atomic E-state index is 11.9. The Bertz CT molecular complexity index is 703. The van der Waals surface area contributed by atoms with Gasteiger partial charge in [0.1, 0.15) is 0 Å². The van der Waals surface area contributed by atoms with Crippen molar-refractivity contribution in [3.05, 3.63) is 28.6 Å². The van der Waals surface area contributed by atoms with Gasteiger partial charge in [0.15, 0.2) is 5.75 Å². The molecule has 2 aromatic rings. The molecule has 0 unspecified atom stereocenters. The van der Waals surface area contributed by atoms with Crippen molar-refractivity contribution in [2.75, 3.05) is 5.73 Å². The van der Waals surface area contributed by atoms with Gasteiger partial charge in [-0.2, -0.15) is 0 Å². The summed E-state index contributed by atoms with van der Waals surface area (Å²) in [7, 11) is 1.51. The van der Waals surface area contributed by atoms with Crippen molar-refractivity contribution >= 4 is 22.6 Å². The van der Waals surface area contributed by atoms with E-state index >= 15 is 0 Å². The van der Waals surface area contributed by atoms with Crippen molar-refractivity contribution in [2.45, 2.75) is 6.92 Å². The second-order valence-electron chi connectivity index (χ2n) is 3.91. The third kappa shape index (κ3) is 1.77. The largest absolute Gasteiger partial charge is 0.504 e. The minimum atomic E-state index is -0.669. The Balaban J connectivity index is 2.87. The summed E-state index contributed by atoms with van der Waals surface area (Å²) in [5.74, 6) is -1.40. The Morgan fingerprint density at radius 2 is 2.11 bits per heavy atom. The lowest BCUT2D eigenvalue weighted by Gasteiger charge is -2.11. The third-order valence-electron chi connectivity index (χ3n) is 2.60. The lowest BCUT2D eigenvalue weighted by Crippen LogP contribution is -2.21. The first kappa shape index (κ1) is 12.0. The van der Waals surface area contributed by atoms with Crippen LogP contribution in [0.5, 0.6) is 11.5 Å². The van der Waals surface area contributed by atoms with E-state index in [1.54, 1.807) is 18.2 Å². The highest BCUT2D eigenvalue weighted by Gasteiger charge is 2.17. The van der Waals surface area contributed by atoms with Crippen LogP contribution in [0.4, 0.5) is 5.69 Å². The van der Waals surface area contributed by atoms with Crippen LogP contribution in [-0.4, -0.2) is 15.6 Å². The van der Waals surface area contributed by atoms with Gasteiger partial charge in [-0.1, -0.05) is 0 Å². The molecule has 18 heavy (non-hydrogen) atoms. The summed E-state index contributed by atoms with van der Waals surface area (Å²) >= 11 is 0. The number of fused-ring (bicyclic) bond motifs is 1. The minimum absolute atomic E-state index is 0.358. The van der Waals surface area contributed by atoms with Gasteiger partial charge in [-0.05, 0) is 18.2 Å². The molecule has 1 heterocycles. The van der Waals surface area contributed by atoms with E-state index in [0.29, 0.717) is 16.6 Å². The smallest absolute Gasteiger partial charge is 0.308 e. The molecule has 3 N–H and O–H groups in total. The molecule has 1 aromatic carbocycles. The molecule has 6 nitrogen and oxygen atoms in total. The zero-order valence-electron chi connectivity index (χ0n) is 9.93. The molecule has 0 fully saturated rings. The first-order valence-corrected chi connectivity index (χ1v) is 5.21. The van der Waals surface area contributed by atoms with Crippen molar-refractivity contribution < 1.29 is 14.6 Å². The van der Waals surface area contributed by atoms with Gasteiger partial charge in [0, 0.05) is 25.0 Å². The molecular weight excluding hydrogens is 236 g/mol. The van der Waals surface area contributed by atoms with Crippen LogP contribution in [-0.2, 0) is 11.8 Å². The molecule has 0 atom stereocenters. The molecule has 0 saturated heterocycles. The number of aromatic hydroxyl groups is 1. The van der Waals surface area contributed by atoms with Crippen molar-refractivity contribution in [1.82, 2.24) is 4.57 Å². The number of pyridine rings is 1. The van der Waals surface area contributed by atoms with Gasteiger partial charge in [-0.15, -0.1) is 0 Å². The summed E-state index contributed by atoms with van der Waals surface area (Å²) < 4.78 is 6.01. The second kappa shape index (κ2) is 4.06. The Labute approximate surface area is 102 Å². The normalized spacial score (nSPS) is 10.6. The monoisotopic (exact) mass is 248 g/mol. The maximum Gasteiger partial charge on any atom is 0.308 e. The molecule has 0 aliphatic rings. The summed E-state index contributed by atoms with van der Waals surface area (Å²) in [5.41, 5.74) is 5.97. The zero-order valence-corrected chi connectivity index (χ0v) is 9.93. The van der Waals surface area contributed by atoms with Gasteiger partial charge < -0.3 is 20.1 Å². The van der Waals surface area contributed by atoms with E-state index in [1.165, 1.54) is 11.6 Å². The first-order chi connectivity index (χ1) is 8.41. The van der Waals surface area contributed by atoms with Crippen molar-refractivity contribution in [3.8, 4) is 11.5 Å². The van der Waals surface area contributed by atoms with Gasteiger partial charge in [0.05, 0.1) is 5.52 Å². The van der Waals surface area contributed by atoms with E-state index in [9.17, 15) is 14.7 Å². The maximum absolute atomic E-state index is 11.9. The summed E-state index contributed by atoms with van der Waals surface area (Å²) in [6.45, 7) is 1.16. The summed E-state index contributed by atoms with van der Waals surface area (Å²) in [5, 5.41) is 10.4. The summed E-state index contributed by atoms with van der Waals surface area (Å²) in [6.07, 6.45) is 0. The topological polar surface area (TPSA) is 94.5 Å². The Morgan fingerprint density at radius 1 is 1.44 bits per heavy atom. The van der Waals surface area contributed by atoms with E-state index in [4.69, 9.17) is 10.5 Å². The fourth-order valence-corrected chi connectivity index (χ4v) is 1.75. The number of carbonyl (C=O) groups is 1. The highest BCUT2D eigenvalue weighted by atomic mass is 16.5. The van der Waals surface area contributed by atoms with Crippen LogP contribution in [0.25, 0.3) is 10.9 Å². The Kier molecular flexibility index (Phi) is 2.70. The van der Waals surface area contributed by atoms with E-state index in [0.717, 1.165) is 6.92 Å². The average Bonchev–Trinajstić information content (AvgIpc) is 2.31. The predicted molar refractivity (Wildman–Crippen MR) is 66.6 cm³/mol. The number of hydrogen-bond acceptors (Lipinski definition) is 5. The zero-order chi connectivity index (χ0) is 13.4. The number of esters is 1. The highest BCUT2D eigenvalue weighted by Crippen LogP contribution is 2.31. The van der Waals surface area contributed by atoms with Crippen LogP contribution in [0.3, 0.4) is 0 Å². The van der Waals surface area contributed by atoms with Gasteiger partial charge in [0.25, 0.3) is 5.56 Å². The Morgan fingerprint density at radius 3 is 2.72 bits per heavy atom. The number of rotatable bonds is 1. The van der Waals surface area contributed by atoms with Crippen LogP contribution in [0.1, 0.15) is 6.92 Å². The number of nitrogens with zero attached hydrogens (tertiary/aromatic N) is 1. The van der Waals surface area contributed by atoms with Crippen LogP contribution < -0.4 is 16.0 Å². The first-order valence-electron chi connectivity index (χ1n) is 5.21. The lowest BCUT2D eigenvalue weighted by molar-refractivity contribution is -0.132. The molecule has 0 aliphatic carbocycles. The number of aromatic nitrogens is 1. The number of carbonyl (C=O) groups excluding carboxylic acids is 1. The molecule has 0 amide bonds. The average molecular weight is 248 g/mol. The fourth-order valence-electron chi connectivity index (χ4n) is 1.75. The highest BCUT2D eigenvalue weighted by molar-refractivity contribution is 5.90. The van der Waals surface area contributed by atoms with Gasteiger partial charge in [-0.3, -0.25) is 9.59 Å². The molecule has 0 aliphatic heterocycles.